The zero-order valence-corrected chi connectivity index (χ0v) is 18.1. The lowest BCUT2D eigenvalue weighted by molar-refractivity contribution is 0.0600. The van der Waals surface area contributed by atoms with Crippen molar-refractivity contribution < 1.29 is 18.7 Å². The molecule has 0 fully saturated rings. The molecule has 4 aromatic rings. The molecule has 0 spiro atoms. The van der Waals surface area contributed by atoms with E-state index in [1.807, 2.05) is 36.4 Å². The minimum atomic E-state index is -0.489. The van der Waals surface area contributed by atoms with Crippen LogP contribution in [0.1, 0.15) is 39.2 Å². The van der Waals surface area contributed by atoms with E-state index in [2.05, 4.69) is 15.4 Å². The Morgan fingerprint density at radius 2 is 1.76 bits per heavy atom. The Hall–Kier alpha value is -4.46. The van der Waals surface area contributed by atoms with Crippen LogP contribution in [0, 0.1) is 5.82 Å². The van der Waals surface area contributed by atoms with Crippen LogP contribution in [0.3, 0.4) is 0 Å². The molecular formula is C26H19FN4O3. The average molecular weight is 454 g/mol. The zero-order valence-electron chi connectivity index (χ0n) is 18.1. The Balaban J connectivity index is 1.56. The van der Waals surface area contributed by atoms with E-state index in [1.54, 1.807) is 28.9 Å². The largest absolute Gasteiger partial charge is 0.480 e. The van der Waals surface area contributed by atoms with Crippen molar-refractivity contribution in [2.75, 3.05) is 12.4 Å². The fourth-order valence-electron chi connectivity index (χ4n) is 4.57. The second-order valence-corrected chi connectivity index (χ2v) is 8.05. The molecule has 3 aromatic carbocycles. The molecule has 1 aromatic heterocycles. The SMILES string of the molecule is COC(=O)c1ccc([C@@H]2Oc3ccccc3C3=C2[C@@H](c2ccc(F)cc2)n2ncnc2N3)cc1. The van der Waals surface area contributed by atoms with Crippen molar-refractivity contribution in [3.63, 3.8) is 0 Å². The predicted octanol–water partition coefficient (Wildman–Crippen LogP) is 4.76. The molecule has 0 amide bonds. The summed E-state index contributed by atoms with van der Waals surface area (Å²) in [6.07, 6.45) is 1.00. The van der Waals surface area contributed by atoms with E-state index in [1.165, 1.54) is 25.6 Å². The minimum Gasteiger partial charge on any atom is -0.480 e. The molecule has 1 N–H and O–H groups in total. The number of nitrogens with zero attached hydrogens (tertiary/aromatic N) is 3. The van der Waals surface area contributed by atoms with Crippen molar-refractivity contribution in [1.82, 2.24) is 14.8 Å². The first-order valence-corrected chi connectivity index (χ1v) is 10.7. The maximum atomic E-state index is 13.8. The van der Waals surface area contributed by atoms with Crippen molar-refractivity contribution >= 4 is 17.6 Å². The zero-order chi connectivity index (χ0) is 23.2. The Labute approximate surface area is 194 Å². The topological polar surface area (TPSA) is 78.3 Å². The summed E-state index contributed by atoms with van der Waals surface area (Å²) < 4.78 is 26.9. The summed E-state index contributed by atoms with van der Waals surface area (Å²) in [5, 5.41) is 7.88. The molecule has 168 valence electrons. The van der Waals surface area contributed by atoms with E-state index in [-0.39, 0.29) is 11.9 Å². The first-order chi connectivity index (χ1) is 16.6. The fraction of sp³-hybridized carbons (Fsp3) is 0.115. The third-order valence-corrected chi connectivity index (χ3v) is 6.14. The Bertz CT molecular complexity index is 1430. The summed E-state index contributed by atoms with van der Waals surface area (Å²) in [6, 6.07) is 20.9. The van der Waals surface area contributed by atoms with Crippen molar-refractivity contribution in [3.8, 4) is 5.75 Å². The van der Waals surface area contributed by atoms with Crippen LogP contribution in [-0.2, 0) is 4.74 Å². The van der Waals surface area contributed by atoms with Crippen LogP contribution in [0.5, 0.6) is 5.75 Å². The normalized spacial score (nSPS) is 18.2. The molecule has 0 unspecified atom stereocenters. The number of esters is 1. The number of carbonyl (C=O) groups excluding carboxylic acids is 1. The highest BCUT2D eigenvalue weighted by molar-refractivity contribution is 5.89. The second-order valence-electron chi connectivity index (χ2n) is 8.05. The second kappa shape index (κ2) is 7.84. The number of methoxy groups -OCH3 is 1. The van der Waals surface area contributed by atoms with Gasteiger partial charge < -0.3 is 14.8 Å². The van der Waals surface area contributed by atoms with Crippen LogP contribution in [-0.4, -0.2) is 27.8 Å². The van der Waals surface area contributed by atoms with Crippen LogP contribution >= 0.6 is 0 Å². The van der Waals surface area contributed by atoms with Gasteiger partial charge in [-0.25, -0.2) is 13.9 Å². The number of ether oxygens (including phenoxy) is 2. The van der Waals surface area contributed by atoms with Crippen LogP contribution in [0.2, 0.25) is 0 Å². The van der Waals surface area contributed by atoms with Gasteiger partial charge >= 0.3 is 5.97 Å². The number of hydrogen-bond donors (Lipinski definition) is 1. The van der Waals surface area contributed by atoms with E-state index in [0.29, 0.717) is 11.5 Å². The number of anilines is 1. The summed E-state index contributed by atoms with van der Waals surface area (Å²) >= 11 is 0. The van der Waals surface area contributed by atoms with Crippen molar-refractivity contribution in [1.29, 1.82) is 0 Å². The number of halogens is 1. The van der Waals surface area contributed by atoms with Gasteiger partial charge in [-0.05, 0) is 47.5 Å². The van der Waals surface area contributed by atoms with E-state index in [9.17, 15) is 9.18 Å². The van der Waals surface area contributed by atoms with Gasteiger partial charge in [0.05, 0.1) is 18.4 Å². The quantitative estimate of drug-likeness (QED) is 0.450. The Morgan fingerprint density at radius 1 is 1.03 bits per heavy atom. The molecule has 0 saturated carbocycles. The lowest BCUT2D eigenvalue weighted by Gasteiger charge is -2.39. The smallest absolute Gasteiger partial charge is 0.337 e. The Kier molecular flexibility index (Phi) is 4.65. The number of aromatic nitrogens is 3. The molecule has 2 aliphatic heterocycles. The van der Waals surface area contributed by atoms with E-state index >= 15 is 0 Å². The molecule has 0 radical (unpaired) electrons. The van der Waals surface area contributed by atoms with Gasteiger partial charge in [-0.15, -0.1) is 0 Å². The molecule has 3 heterocycles. The number of benzene rings is 3. The number of carbonyl (C=O) groups is 1. The summed E-state index contributed by atoms with van der Waals surface area (Å²) in [6.45, 7) is 0. The van der Waals surface area contributed by atoms with Gasteiger partial charge in [0.1, 0.15) is 30.0 Å². The lowest BCUT2D eigenvalue weighted by atomic mass is 9.84. The maximum absolute atomic E-state index is 13.8. The van der Waals surface area contributed by atoms with Gasteiger partial charge in [-0.1, -0.05) is 36.4 Å². The van der Waals surface area contributed by atoms with Gasteiger partial charge in [0, 0.05) is 11.1 Å². The summed E-state index contributed by atoms with van der Waals surface area (Å²) in [5.74, 6) is 0.592. The monoisotopic (exact) mass is 454 g/mol. The van der Waals surface area contributed by atoms with Crippen LogP contribution < -0.4 is 10.1 Å². The van der Waals surface area contributed by atoms with Gasteiger partial charge in [-0.3, -0.25) is 0 Å². The average Bonchev–Trinajstić information content (AvgIpc) is 3.35. The van der Waals surface area contributed by atoms with Gasteiger partial charge in [-0.2, -0.15) is 10.1 Å². The van der Waals surface area contributed by atoms with E-state index in [4.69, 9.17) is 9.47 Å². The molecule has 0 bridgehead atoms. The summed E-state index contributed by atoms with van der Waals surface area (Å²) in [5.41, 5.74) is 4.84. The minimum absolute atomic E-state index is 0.314. The number of nitrogens with one attached hydrogen (secondary N) is 1. The highest BCUT2D eigenvalue weighted by atomic mass is 19.1. The first kappa shape index (κ1) is 20.2. The Morgan fingerprint density at radius 3 is 2.53 bits per heavy atom. The predicted molar refractivity (Wildman–Crippen MR) is 123 cm³/mol. The lowest BCUT2D eigenvalue weighted by Crippen LogP contribution is -2.32. The molecule has 0 saturated heterocycles. The van der Waals surface area contributed by atoms with Gasteiger partial charge in [0.2, 0.25) is 5.95 Å². The molecule has 0 aliphatic carbocycles. The molecule has 2 atom stereocenters. The molecular weight excluding hydrogens is 435 g/mol. The van der Waals surface area contributed by atoms with Crippen molar-refractivity contribution in [2.45, 2.75) is 12.1 Å². The highest BCUT2D eigenvalue weighted by Crippen LogP contribution is 2.50. The summed E-state index contributed by atoms with van der Waals surface area (Å²) in [4.78, 5) is 16.3. The molecule has 6 rings (SSSR count). The number of rotatable bonds is 3. The van der Waals surface area contributed by atoms with Crippen molar-refractivity contribution in [3.05, 3.63) is 113 Å². The summed E-state index contributed by atoms with van der Waals surface area (Å²) in [7, 11) is 1.35. The molecule has 2 aliphatic rings. The van der Waals surface area contributed by atoms with Crippen LogP contribution in [0.15, 0.2) is 84.7 Å². The third kappa shape index (κ3) is 3.14. The maximum Gasteiger partial charge on any atom is 0.337 e. The van der Waals surface area contributed by atoms with Crippen molar-refractivity contribution in [2.24, 2.45) is 0 Å². The molecule has 8 heteroatoms. The highest BCUT2D eigenvalue weighted by Gasteiger charge is 2.40. The van der Waals surface area contributed by atoms with E-state index < -0.39 is 12.1 Å². The number of fused-ring (bicyclic) bond motifs is 3. The van der Waals surface area contributed by atoms with Gasteiger partial charge in [0.15, 0.2) is 0 Å². The van der Waals surface area contributed by atoms with E-state index in [0.717, 1.165) is 33.7 Å². The number of hydrogen-bond acceptors (Lipinski definition) is 6. The standard InChI is InChI=1S/C26H19FN4O3/c1-33-25(32)17-8-6-16(7-9-17)24-21-22(19-4-2-3-5-20(19)34-24)30-26-28-14-29-31(26)23(21)15-10-12-18(27)13-11-15/h2-14,23-24H,1H3,(H,28,29,30)/t23-,24+/m1/s1. The fourth-order valence-corrected chi connectivity index (χ4v) is 4.57. The number of para-hydroxylation sites is 1. The van der Waals surface area contributed by atoms with Crippen LogP contribution in [0.4, 0.5) is 10.3 Å². The molecule has 7 nitrogen and oxygen atoms in total. The van der Waals surface area contributed by atoms with Gasteiger partial charge in [0.25, 0.3) is 0 Å². The first-order valence-electron chi connectivity index (χ1n) is 10.7. The molecule has 34 heavy (non-hydrogen) atoms. The van der Waals surface area contributed by atoms with Crippen LogP contribution in [0.25, 0.3) is 5.70 Å². The third-order valence-electron chi connectivity index (χ3n) is 6.14.